The highest BCUT2D eigenvalue weighted by Crippen LogP contribution is 2.20. The first-order valence-electron chi connectivity index (χ1n) is 7.87. The quantitative estimate of drug-likeness (QED) is 0.316. The maximum absolute atomic E-state index is 5.64. The fraction of sp³-hybridized carbons (Fsp3) is 0.625. The number of ether oxygens (including phenoxy) is 3. The number of benzene rings is 1. The van der Waals surface area contributed by atoms with Crippen molar-refractivity contribution in [2.75, 3.05) is 26.4 Å². The zero-order valence-corrected chi connectivity index (χ0v) is 15.3. The Balaban J connectivity index is 2.24. The molecule has 0 aromatic heterocycles. The molecule has 0 unspecified atom stereocenters. The lowest BCUT2D eigenvalue weighted by Gasteiger charge is -2.32. The number of hydrogen-bond acceptors (Lipinski definition) is 5. The van der Waals surface area contributed by atoms with Crippen LogP contribution in [0.4, 0.5) is 0 Å². The van der Waals surface area contributed by atoms with Crippen molar-refractivity contribution in [3.05, 3.63) is 35.9 Å². The molecule has 5 nitrogen and oxygen atoms in total. The van der Waals surface area contributed by atoms with Gasteiger partial charge in [-0.15, -0.1) is 0 Å². The normalized spacial score (nSPS) is 12.3. The first-order chi connectivity index (χ1) is 10.8. The molecule has 1 aromatic rings. The van der Waals surface area contributed by atoms with Crippen LogP contribution < -0.4 is 0 Å². The second-order valence-corrected chi connectivity index (χ2v) is 5.64. The summed E-state index contributed by atoms with van der Waals surface area (Å²) in [6.45, 7) is 8.45. The van der Waals surface area contributed by atoms with E-state index in [4.69, 9.17) is 23.1 Å². The van der Waals surface area contributed by atoms with Crippen LogP contribution in [0.2, 0.25) is 0 Å². The van der Waals surface area contributed by atoms with Crippen molar-refractivity contribution in [2.45, 2.75) is 39.8 Å². The van der Waals surface area contributed by atoms with Crippen LogP contribution in [0, 0.1) is 0 Å². The molecular formula is C16H28O5Si. The molecule has 0 fully saturated rings. The van der Waals surface area contributed by atoms with Gasteiger partial charge in [0.2, 0.25) is 0 Å². The summed E-state index contributed by atoms with van der Waals surface area (Å²) in [5.74, 6) is -0.994. The average Bonchev–Trinajstić information content (AvgIpc) is 2.52. The van der Waals surface area contributed by atoms with Gasteiger partial charge in [-0.05, 0) is 26.3 Å². The third kappa shape index (κ3) is 7.48. The lowest BCUT2D eigenvalue weighted by atomic mass is 10.2. The maximum atomic E-state index is 5.64. The second kappa shape index (κ2) is 11.8. The Morgan fingerprint density at radius 3 is 2.00 bits per heavy atom. The molecule has 0 saturated carbocycles. The Morgan fingerprint density at radius 2 is 1.45 bits per heavy atom. The topological polar surface area (TPSA) is 46.2 Å². The van der Waals surface area contributed by atoms with Gasteiger partial charge in [-0.3, -0.25) is 0 Å². The van der Waals surface area contributed by atoms with E-state index in [-0.39, 0.29) is 0 Å². The minimum atomic E-state index is -1.01. The molecule has 6 heteroatoms. The zero-order chi connectivity index (χ0) is 16.1. The molecule has 0 spiro atoms. The Morgan fingerprint density at radius 1 is 0.864 bits per heavy atom. The highest BCUT2D eigenvalue weighted by molar-refractivity contribution is 6.17. The van der Waals surface area contributed by atoms with Gasteiger partial charge in [-0.2, -0.15) is 0 Å². The Hall–Kier alpha value is -0.763. The standard InChI is InChI=1S/C16H28O5Si/c1-4-17-16(18-5-2,19-6-3)12-13-20-22-21-14-15-10-8-7-9-11-15/h7-11H,4-6,12-14,22H2,1-3H3. The van der Waals surface area contributed by atoms with Crippen LogP contribution in [0.1, 0.15) is 32.8 Å². The molecule has 0 aliphatic heterocycles. The van der Waals surface area contributed by atoms with E-state index in [0.717, 1.165) is 5.56 Å². The van der Waals surface area contributed by atoms with Crippen LogP contribution in [0.3, 0.4) is 0 Å². The molecule has 126 valence electrons. The van der Waals surface area contributed by atoms with E-state index in [9.17, 15) is 0 Å². The van der Waals surface area contributed by atoms with Gasteiger partial charge in [0.15, 0.2) is 0 Å². The van der Waals surface area contributed by atoms with Crippen LogP contribution in [0.5, 0.6) is 0 Å². The average molecular weight is 328 g/mol. The van der Waals surface area contributed by atoms with Gasteiger partial charge in [-0.1, -0.05) is 30.3 Å². The SMILES string of the molecule is CCOC(CCO[SiH2]OCc1ccccc1)(OCC)OCC. The number of hydrogen-bond donors (Lipinski definition) is 0. The largest absolute Gasteiger partial charge is 0.399 e. The fourth-order valence-corrected chi connectivity index (χ4v) is 2.75. The van der Waals surface area contributed by atoms with Crippen molar-refractivity contribution in [2.24, 2.45) is 0 Å². The third-order valence-corrected chi connectivity index (χ3v) is 3.75. The molecule has 0 N–H and O–H groups in total. The highest BCUT2D eigenvalue weighted by atomic mass is 28.3. The van der Waals surface area contributed by atoms with Gasteiger partial charge >= 0.3 is 10.0 Å². The summed E-state index contributed by atoms with van der Waals surface area (Å²) in [4.78, 5) is 0. The van der Waals surface area contributed by atoms with Crippen molar-refractivity contribution in [3.63, 3.8) is 0 Å². The van der Waals surface area contributed by atoms with Crippen molar-refractivity contribution < 1.29 is 23.1 Å². The van der Waals surface area contributed by atoms with Gasteiger partial charge < -0.3 is 23.1 Å². The molecule has 1 aromatic carbocycles. The van der Waals surface area contributed by atoms with E-state index in [1.165, 1.54) is 0 Å². The van der Waals surface area contributed by atoms with E-state index in [2.05, 4.69) is 0 Å². The molecule has 0 saturated heterocycles. The number of rotatable bonds is 13. The monoisotopic (exact) mass is 328 g/mol. The van der Waals surface area contributed by atoms with Crippen LogP contribution in [0.15, 0.2) is 30.3 Å². The van der Waals surface area contributed by atoms with Crippen molar-refractivity contribution >= 4 is 10.0 Å². The summed E-state index contributed by atoms with van der Waals surface area (Å²) in [5, 5.41) is 0. The first kappa shape index (κ1) is 19.3. The van der Waals surface area contributed by atoms with Gasteiger partial charge in [0, 0.05) is 26.4 Å². The smallest absolute Gasteiger partial charge is 0.304 e. The molecule has 0 atom stereocenters. The zero-order valence-electron chi connectivity index (χ0n) is 13.9. The van der Waals surface area contributed by atoms with Crippen LogP contribution in [-0.2, 0) is 29.7 Å². The Bertz CT molecular complexity index is 357. The second-order valence-electron chi connectivity index (χ2n) is 4.59. The predicted molar refractivity (Wildman–Crippen MR) is 88.0 cm³/mol. The summed E-state index contributed by atoms with van der Waals surface area (Å²) in [5.41, 5.74) is 1.16. The minimum Gasteiger partial charge on any atom is -0.399 e. The van der Waals surface area contributed by atoms with Gasteiger partial charge in [0.25, 0.3) is 5.97 Å². The van der Waals surface area contributed by atoms with E-state index in [1.807, 2.05) is 51.1 Å². The van der Waals surface area contributed by atoms with E-state index < -0.39 is 16.0 Å². The molecular weight excluding hydrogens is 300 g/mol. The highest BCUT2D eigenvalue weighted by Gasteiger charge is 2.32. The minimum absolute atomic E-state index is 0.501. The van der Waals surface area contributed by atoms with E-state index in [0.29, 0.717) is 39.5 Å². The van der Waals surface area contributed by atoms with Crippen molar-refractivity contribution in [1.29, 1.82) is 0 Å². The summed E-state index contributed by atoms with van der Waals surface area (Å²) < 4.78 is 28.1. The maximum Gasteiger partial charge on any atom is 0.304 e. The fourth-order valence-electron chi connectivity index (χ4n) is 2.05. The molecule has 22 heavy (non-hydrogen) atoms. The lowest BCUT2D eigenvalue weighted by Crippen LogP contribution is -2.40. The predicted octanol–water partition coefficient (Wildman–Crippen LogP) is 2.37. The molecule has 0 amide bonds. The summed E-state index contributed by atoms with van der Waals surface area (Å²) in [6.07, 6.45) is 0.532. The van der Waals surface area contributed by atoms with Crippen molar-refractivity contribution in [1.82, 2.24) is 0 Å². The van der Waals surface area contributed by atoms with Gasteiger partial charge in [0.05, 0.1) is 13.0 Å². The Kier molecular flexibility index (Phi) is 10.3. The van der Waals surface area contributed by atoms with Crippen LogP contribution >= 0.6 is 0 Å². The van der Waals surface area contributed by atoms with E-state index >= 15 is 0 Å². The summed E-state index contributed by atoms with van der Waals surface area (Å²) in [7, 11) is -1.01. The Labute approximate surface area is 135 Å². The third-order valence-electron chi connectivity index (χ3n) is 2.92. The summed E-state index contributed by atoms with van der Waals surface area (Å²) >= 11 is 0. The molecule has 0 aliphatic rings. The summed E-state index contributed by atoms with van der Waals surface area (Å²) in [6, 6.07) is 10.1. The lowest BCUT2D eigenvalue weighted by molar-refractivity contribution is -0.380. The first-order valence-corrected chi connectivity index (χ1v) is 9.03. The van der Waals surface area contributed by atoms with Gasteiger partial charge in [-0.25, -0.2) is 0 Å². The molecule has 0 radical (unpaired) electrons. The van der Waals surface area contributed by atoms with Crippen molar-refractivity contribution in [3.8, 4) is 0 Å². The molecule has 1 rings (SSSR count). The van der Waals surface area contributed by atoms with Crippen LogP contribution in [-0.4, -0.2) is 42.4 Å². The van der Waals surface area contributed by atoms with Gasteiger partial charge in [0.1, 0.15) is 0 Å². The molecule has 0 heterocycles. The van der Waals surface area contributed by atoms with E-state index in [1.54, 1.807) is 0 Å². The van der Waals surface area contributed by atoms with Crippen LogP contribution in [0.25, 0.3) is 0 Å². The molecule has 0 aliphatic carbocycles. The molecule has 0 bridgehead atoms.